The van der Waals surface area contributed by atoms with E-state index in [1.165, 1.54) is 0 Å². The maximum Gasteiger partial charge on any atom is 0.145 e. The van der Waals surface area contributed by atoms with Gasteiger partial charge in [-0.15, -0.1) is 0 Å². The van der Waals surface area contributed by atoms with Gasteiger partial charge in [0.15, 0.2) is 0 Å². The summed E-state index contributed by atoms with van der Waals surface area (Å²) in [6.45, 7) is 3.09. The largest absolute Gasteiger partial charge is 0.496 e. The molecule has 20 heavy (non-hydrogen) atoms. The van der Waals surface area contributed by atoms with Gasteiger partial charge in [0.1, 0.15) is 11.6 Å². The molecule has 0 spiro atoms. The fourth-order valence-electron chi connectivity index (χ4n) is 2.16. The lowest BCUT2D eigenvalue weighted by Crippen LogP contribution is -2.26. The fourth-order valence-corrected chi connectivity index (χ4v) is 2.16. The molecule has 0 amide bonds. The van der Waals surface area contributed by atoms with Gasteiger partial charge in [-0.1, -0.05) is 25.1 Å². The van der Waals surface area contributed by atoms with E-state index in [0.29, 0.717) is 0 Å². The molecule has 1 atom stereocenters. The third kappa shape index (κ3) is 3.78. The fraction of sp³-hybridized carbons (Fsp3) is 0.375. The van der Waals surface area contributed by atoms with Gasteiger partial charge in [0.25, 0.3) is 0 Å². The lowest BCUT2D eigenvalue weighted by molar-refractivity contribution is 0.404. The Labute approximate surface area is 120 Å². The molecule has 2 aromatic rings. The Morgan fingerprint density at radius 3 is 2.60 bits per heavy atom. The first-order valence-electron chi connectivity index (χ1n) is 6.97. The van der Waals surface area contributed by atoms with Crippen LogP contribution in [0, 0.1) is 0 Å². The molecule has 106 valence electrons. The second-order valence-electron chi connectivity index (χ2n) is 4.63. The number of nitrogens with zero attached hydrogens (tertiary/aromatic N) is 2. The van der Waals surface area contributed by atoms with Crippen LogP contribution >= 0.6 is 0 Å². The minimum atomic E-state index is 0.104. The predicted octanol–water partition coefficient (Wildman–Crippen LogP) is 2.77. The van der Waals surface area contributed by atoms with Gasteiger partial charge < -0.3 is 10.1 Å². The second kappa shape index (κ2) is 7.60. The Morgan fingerprint density at radius 1 is 1.15 bits per heavy atom. The number of hydrogen-bond donors (Lipinski definition) is 1. The van der Waals surface area contributed by atoms with Crippen molar-refractivity contribution in [2.24, 2.45) is 0 Å². The van der Waals surface area contributed by atoms with Crippen molar-refractivity contribution in [2.75, 3.05) is 13.7 Å². The van der Waals surface area contributed by atoms with Crippen LogP contribution in [0.4, 0.5) is 0 Å². The van der Waals surface area contributed by atoms with E-state index in [9.17, 15) is 0 Å². The molecule has 0 fully saturated rings. The summed E-state index contributed by atoms with van der Waals surface area (Å²) in [5.41, 5.74) is 1.16. The molecule has 0 bridgehead atoms. The smallest absolute Gasteiger partial charge is 0.145 e. The molecule has 0 saturated carbocycles. The van der Waals surface area contributed by atoms with Gasteiger partial charge in [0.2, 0.25) is 0 Å². The molecule has 1 N–H and O–H groups in total. The third-order valence-corrected chi connectivity index (χ3v) is 3.15. The van der Waals surface area contributed by atoms with Crippen molar-refractivity contribution in [1.82, 2.24) is 15.3 Å². The summed E-state index contributed by atoms with van der Waals surface area (Å²) in [4.78, 5) is 8.74. The van der Waals surface area contributed by atoms with Crippen molar-refractivity contribution >= 4 is 0 Å². The average Bonchev–Trinajstić information content (AvgIpc) is 2.52. The SMILES string of the molecule is CCCNC(Cc1ccccc1OC)c1ncccn1. The van der Waals surface area contributed by atoms with Crippen LogP contribution in [0.3, 0.4) is 0 Å². The van der Waals surface area contributed by atoms with E-state index in [2.05, 4.69) is 28.3 Å². The van der Waals surface area contributed by atoms with Gasteiger partial charge in [0, 0.05) is 12.4 Å². The van der Waals surface area contributed by atoms with E-state index in [4.69, 9.17) is 4.74 Å². The number of hydrogen-bond acceptors (Lipinski definition) is 4. The Balaban J connectivity index is 2.19. The number of nitrogens with one attached hydrogen (secondary N) is 1. The van der Waals surface area contributed by atoms with Gasteiger partial charge in [0.05, 0.1) is 13.2 Å². The molecule has 0 aliphatic carbocycles. The Hall–Kier alpha value is -1.94. The Kier molecular flexibility index (Phi) is 5.50. The van der Waals surface area contributed by atoms with Crippen LogP contribution in [0.25, 0.3) is 0 Å². The normalized spacial score (nSPS) is 12.1. The zero-order valence-electron chi connectivity index (χ0n) is 12.0. The lowest BCUT2D eigenvalue weighted by Gasteiger charge is -2.18. The van der Waals surface area contributed by atoms with Crippen LogP contribution in [0.1, 0.15) is 30.8 Å². The zero-order valence-corrected chi connectivity index (χ0v) is 12.0. The van der Waals surface area contributed by atoms with Crippen molar-refractivity contribution in [3.8, 4) is 5.75 Å². The summed E-state index contributed by atoms with van der Waals surface area (Å²) in [6.07, 6.45) is 5.46. The second-order valence-corrected chi connectivity index (χ2v) is 4.63. The van der Waals surface area contributed by atoms with E-state index in [-0.39, 0.29) is 6.04 Å². The third-order valence-electron chi connectivity index (χ3n) is 3.15. The van der Waals surface area contributed by atoms with E-state index >= 15 is 0 Å². The number of methoxy groups -OCH3 is 1. The van der Waals surface area contributed by atoms with Crippen molar-refractivity contribution in [2.45, 2.75) is 25.8 Å². The van der Waals surface area contributed by atoms with Gasteiger partial charge >= 0.3 is 0 Å². The molecule has 0 saturated heterocycles. The highest BCUT2D eigenvalue weighted by Crippen LogP contribution is 2.23. The highest BCUT2D eigenvalue weighted by molar-refractivity contribution is 5.34. The molecule has 1 unspecified atom stereocenters. The number of aromatic nitrogens is 2. The summed E-state index contributed by atoms with van der Waals surface area (Å²) >= 11 is 0. The number of benzene rings is 1. The molecule has 1 aromatic heterocycles. The summed E-state index contributed by atoms with van der Waals surface area (Å²) < 4.78 is 5.42. The quantitative estimate of drug-likeness (QED) is 0.841. The first kappa shape index (κ1) is 14.5. The Bertz CT molecular complexity index is 516. The van der Waals surface area contributed by atoms with Crippen LogP contribution in [0.5, 0.6) is 5.75 Å². The molecular weight excluding hydrogens is 250 g/mol. The minimum Gasteiger partial charge on any atom is -0.496 e. The van der Waals surface area contributed by atoms with Crippen LogP contribution < -0.4 is 10.1 Å². The molecule has 0 radical (unpaired) electrons. The van der Waals surface area contributed by atoms with Crippen molar-refractivity contribution in [1.29, 1.82) is 0 Å². The molecule has 2 rings (SSSR count). The summed E-state index contributed by atoms with van der Waals surface area (Å²) in [7, 11) is 1.70. The topological polar surface area (TPSA) is 47.0 Å². The maximum atomic E-state index is 5.42. The molecule has 0 aliphatic heterocycles. The van der Waals surface area contributed by atoms with Gasteiger partial charge in [-0.2, -0.15) is 0 Å². The number of rotatable bonds is 7. The molecule has 0 aliphatic rings. The summed E-state index contributed by atoms with van der Waals surface area (Å²) in [5.74, 6) is 1.73. The first-order valence-corrected chi connectivity index (χ1v) is 6.97. The molecule has 1 heterocycles. The average molecular weight is 271 g/mol. The van der Waals surface area contributed by atoms with Crippen molar-refractivity contribution in [3.63, 3.8) is 0 Å². The van der Waals surface area contributed by atoms with Crippen LogP contribution in [-0.2, 0) is 6.42 Å². The predicted molar refractivity (Wildman–Crippen MR) is 79.8 cm³/mol. The van der Waals surface area contributed by atoms with Gasteiger partial charge in [-0.3, -0.25) is 0 Å². The van der Waals surface area contributed by atoms with Gasteiger partial charge in [-0.25, -0.2) is 9.97 Å². The summed E-state index contributed by atoms with van der Waals surface area (Å²) in [5, 5.41) is 3.50. The number of ether oxygens (including phenoxy) is 1. The number of para-hydroxylation sites is 1. The highest BCUT2D eigenvalue weighted by Gasteiger charge is 2.16. The molecule has 4 nitrogen and oxygen atoms in total. The maximum absolute atomic E-state index is 5.42. The summed E-state index contributed by atoms with van der Waals surface area (Å²) in [6, 6.07) is 10.0. The van der Waals surface area contributed by atoms with Crippen molar-refractivity contribution in [3.05, 3.63) is 54.1 Å². The molecular formula is C16H21N3O. The Morgan fingerprint density at radius 2 is 1.90 bits per heavy atom. The van der Waals surface area contributed by atoms with Crippen molar-refractivity contribution < 1.29 is 4.74 Å². The van der Waals surface area contributed by atoms with E-state index in [1.54, 1.807) is 19.5 Å². The molecule has 1 aromatic carbocycles. The standard InChI is InChI=1S/C16H21N3O/c1-3-9-17-14(16-18-10-6-11-19-16)12-13-7-4-5-8-15(13)20-2/h4-8,10-11,14,17H,3,9,12H2,1-2H3. The van der Waals surface area contributed by atoms with E-state index < -0.39 is 0 Å². The zero-order chi connectivity index (χ0) is 14.2. The van der Waals surface area contributed by atoms with Gasteiger partial charge in [-0.05, 0) is 37.1 Å². The van der Waals surface area contributed by atoms with Crippen LogP contribution in [0.15, 0.2) is 42.7 Å². The lowest BCUT2D eigenvalue weighted by atomic mass is 10.0. The highest BCUT2D eigenvalue weighted by atomic mass is 16.5. The van der Waals surface area contributed by atoms with Crippen LogP contribution in [0.2, 0.25) is 0 Å². The van der Waals surface area contributed by atoms with E-state index in [0.717, 1.165) is 36.5 Å². The minimum absolute atomic E-state index is 0.104. The van der Waals surface area contributed by atoms with Crippen LogP contribution in [-0.4, -0.2) is 23.6 Å². The monoisotopic (exact) mass is 271 g/mol. The molecule has 4 heteroatoms. The van der Waals surface area contributed by atoms with E-state index in [1.807, 2.05) is 24.3 Å². The first-order chi connectivity index (χ1) is 9.85.